The van der Waals surface area contributed by atoms with Gasteiger partial charge in [0.1, 0.15) is 16.8 Å². The number of aldehydes is 1. The Hall–Kier alpha value is -1.95. The molecule has 0 aliphatic rings. The van der Waals surface area contributed by atoms with Gasteiger partial charge in [0.2, 0.25) is 0 Å². The molecule has 0 amide bonds. The van der Waals surface area contributed by atoms with E-state index in [1.807, 2.05) is 13.2 Å². The third-order valence-corrected chi connectivity index (χ3v) is 2.88. The van der Waals surface area contributed by atoms with Crippen molar-refractivity contribution in [2.45, 2.75) is 13.3 Å². The highest BCUT2D eigenvalue weighted by atomic mass is 35.5. The monoisotopic (exact) mass is 279 g/mol. The molecule has 2 heterocycles. The van der Waals surface area contributed by atoms with Crippen LogP contribution in [-0.4, -0.2) is 32.6 Å². The fraction of sp³-hybridized carbons (Fsp3) is 0.333. The van der Waals surface area contributed by atoms with E-state index in [-0.39, 0.29) is 5.15 Å². The molecule has 0 aliphatic heterocycles. The minimum atomic E-state index is 0.173. The van der Waals surface area contributed by atoms with Crippen molar-refractivity contribution in [2.75, 3.05) is 11.9 Å². The molecule has 0 bridgehead atoms. The summed E-state index contributed by atoms with van der Waals surface area (Å²) in [6.45, 7) is 2.37. The molecule has 0 radical (unpaired) electrons. The maximum absolute atomic E-state index is 11.0. The molecule has 0 saturated carbocycles. The third kappa shape index (κ3) is 3.29. The highest BCUT2D eigenvalue weighted by Gasteiger charge is 2.10. The zero-order valence-electron chi connectivity index (χ0n) is 10.7. The first kappa shape index (κ1) is 13.5. The van der Waals surface area contributed by atoms with Crippen molar-refractivity contribution in [3.8, 4) is 0 Å². The largest absolute Gasteiger partial charge is 0.369 e. The molecule has 7 heteroatoms. The first-order chi connectivity index (χ1) is 9.10. The molecule has 0 saturated heterocycles. The van der Waals surface area contributed by atoms with Crippen LogP contribution in [0.3, 0.4) is 0 Å². The highest BCUT2D eigenvalue weighted by Crippen LogP contribution is 2.18. The predicted molar refractivity (Wildman–Crippen MR) is 72.6 cm³/mol. The van der Waals surface area contributed by atoms with Crippen molar-refractivity contribution < 1.29 is 4.79 Å². The number of rotatable bonds is 5. The summed E-state index contributed by atoms with van der Waals surface area (Å²) in [6, 6.07) is 0. The van der Waals surface area contributed by atoms with Crippen molar-refractivity contribution in [3.63, 3.8) is 0 Å². The second-order valence-electron chi connectivity index (χ2n) is 4.14. The normalized spacial score (nSPS) is 10.5. The molecule has 0 fully saturated rings. The van der Waals surface area contributed by atoms with Crippen molar-refractivity contribution in [2.24, 2.45) is 7.05 Å². The number of carbonyl (C=O) groups excluding carboxylic acids is 1. The lowest BCUT2D eigenvalue weighted by Crippen LogP contribution is -2.10. The molecule has 0 aliphatic carbocycles. The summed E-state index contributed by atoms with van der Waals surface area (Å²) in [7, 11) is 1.87. The SMILES string of the molecule is Cc1nc(Cl)c(C=O)c(NCCc2cnn(C)c2)n1. The lowest BCUT2D eigenvalue weighted by atomic mass is 10.2. The summed E-state index contributed by atoms with van der Waals surface area (Å²) in [5, 5.41) is 7.36. The van der Waals surface area contributed by atoms with Crippen molar-refractivity contribution in [1.29, 1.82) is 0 Å². The summed E-state index contributed by atoms with van der Waals surface area (Å²) in [6.07, 6.45) is 5.20. The van der Waals surface area contributed by atoms with Crippen LogP contribution in [-0.2, 0) is 13.5 Å². The van der Waals surface area contributed by atoms with Crippen molar-refractivity contribution in [1.82, 2.24) is 19.7 Å². The van der Waals surface area contributed by atoms with Gasteiger partial charge in [0.05, 0.1) is 11.8 Å². The van der Waals surface area contributed by atoms with Gasteiger partial charge in [-0.3, -0.25) is 9.48 Å². The molecule has 100 valence electrons. The Bertz CT molecular complexity index is 596. The number of anilines is 1. The van der Waals surface area contributed by atoms with E-state index in [0.29, 0.717) is 30.0 Å². The topological polar surface area (TPSA) is 72.7 Å². The van der Waals surface area contributed by atoms with Gasteiger partial charge in [-0.25, -0.2) is 9.97 Å². The maximum atomic E-state index is 11.0. The Balaban J connectivity index is 2.05. The minimum absolute atomic E-state index is 0.173. The Labute approximate surface area is 115 Å². The summed E-state index contributed by atoms with van der Waals surface area (Å²) in [5.74, 6) is 0.996. The van der Waals surface area contributed by atoms with Crippen LogP contribution >= 0.6 is 11.6 Å². The molecule has 0 atom stereocenters. The maximum Gasteiger partial charge on any atom is 0.156 e. The fourth-order valence-electron chi connectivity index (χ4n) is 1.71. The van der Waals surface area contributed by atoms with E-state index in [2.05, 4.69) is 20.4 Å². The van der Waals surface area contributed by atoms with Crippen molar-refractivity contribution >= 4 is 23.7 Å². The molecule has 0 aromatic carbocycles. The number of hydrogen-bond donors (Lipinski definition) is 1. The van der Waals surface area contributed by atoms with Gasteiger partial charge in [-0.2, -0.15) is 5.10 Å². The van der Waals surface area contributed by atoms with Crippen LogP contribution in [0.5, 0.6) is 0 Å². The number of nitrogens with one attached hydrogen (secondary N) is 1. The van der Waals surface area contributed by atoms with Crippen LogP contribution < -0.4 is 5.32 Å². The lowest BCUT2D eigenvalue weighted by molar-refractivity contribution is 0.112. The van der Waals surface area contributed by atoms with E-state index in [9.17, 15) is 4.79 Å². The summed E-state index contributed by atoms with van der Waals surface area (Å²) in [4.78, 5) is 19.1. The smallest absolute Gasteiger partial charge is 0.156 e. The predicted octanol–water partition coefficient (Wildman–Crippen LogP) is 1.64. The summed E-state index contributed by atoms with van der Waals surface area (Å²) >= 11 is 5.90. The average Bonchev–Trinajstić information content (AvgIpc) is 2.74. The van der Waals surface area contributed by atoms with Crippen LogP contribution in [0, 0.1) is 6.92 Å². The molecule has 6 nitrogen and oxygen atoms in total. The van der Waals surface area contributed by atoms with Crippen LogP contribution in [0.4, 0.5) is 5.82 Å². The van der Waals surface area contributed by atoms with Gasteiger partial charge in [-0.1, -0.05) is 11.6 Å². The average molecular weight is 280 g/mol. The number of halogens is 1. The molecular formula is C12H14ClN5O. The van der Waals surface area contributed by atoms with Gasteiger partial charge in [-0.05, 0) is 18.9 Å². The first-order valence-electron chi connectivity index (χ1n) is 5.81. The van der Waals surface area contributed by atoms with Gasteiger partial charge in [0.25, 0.3) is 0 Å². The second kappa shape index (κ2) is 5.79. The van der Waals surface area contributed by atoms with Crippen LogP contribution in [0.1, 0.15) is 21.7 Å². The van der Waals surface area contributed by atoms with E-state index in [1.165, 1.54) is 0 Å². The van der Waals surface area contributed by atoms with Crippen LogP contribution in [0.25, 0.3) is 0 Å². The number of nitrogens with zero attached hydrogens (tertiary/aromatic N) is 4. The zero-order valence-corrected chi connectivity index (χ0v) is 11.5. The van der Waals surface area contributed by atoms with Crippen LogP contribution in [0.15, 0.2) is 12.4 Å². The summed E-state index contributed by atoms with van der Waals surface area (Å²) in [5.41, 5.74) is 1.40. The first-order valence-corrected chi connectivity index (χ1v) is 6.18. The third-order valence-electron chi connectivity index (χ3n) is 2.59. The molecule has 2 rings (SSSR count). The molecule has 2 aromatic rings. The second-order valence-corrected chi connectivity index (χ2v) is 4.50. The quantitative estimate of drug-likeness (QED) is 0.665. The molecule has 0 spiro atoms. The summed E-state index contributed by atoms with van der Waals surface area (Å²) < 4.78 is 1.75. The van der Waals surface area contributed by atoms with Gasteiger partial charge in [0.15, 0.2) is 6.29 Å². The fourth-order valence-corrected chi connectivity index (χ4v) is 1.97. The molecule has 1 N–H and O–H groups in total. The lowest BCUT2D eigenvalue weighted by Gasteiger charge is -2.08. The van der Waals surface area contributed by atoms with Gasteiger partial charge >= 0.3 is 0 Å². The van der Waals surface area contributed by atoms with Crippen molar-refractivity contribution in [3.05, 3.63) is 34.5 Å². The Kier molecular flexibility index (Phi) is 4.11. The number of aryl methyl sites for hydroxylation is 2. The highest BCUT2D eigenvalue weighted by molar-refractivity contribution is 6.32. The minimum Gasteiger partial charge on any atom is -0.369 e. The van der Waals surface area contributed by atoms with E-state index in [1.54, 1.807) is 17.8 Å². The Morgan fingerprint density at radius 2 is 2.26 bits per heavy atom. The number of aromatic nitrogens is 4. The molecule has 2 aromatic heterocycles. The number of carbonyl (C=O) groups is 1. The standard InChI is InChI=1S/C12H14ClN5O/c1-8-16-11(13)10(7-19)12(17-8)14-4-3-9-5-15-18(2)6-9/h5-7H,3-4H2,1-2H3,(H,14,16,17). The number of hydrogen-bond acceptors (Lipinski definition) is 5. The van der Waals surface area contributed by atoms with E-state index < -0.39 is 0 Å². The van der Waals surface area contributed by atoms with Gasteiger partial charge in [-0.15, -0.1) is 0 Å². The van der Waals surface area contributed by atoms with Gasteiger partial charge in [0, 0.05) is 19.8 Å². The van der Waals surface area contributed by atoms with E-state index in [0.717, 1.165) is 12.0 Å². The molecule has 19 heavy (non-hydrogen) atoms. The molecule has 0 unspecified atom stereocenters. The zero-order chi connectivity index (χ0) is 13.8. The molecular weight excluding hydrogens is 266 g/mol. The van der Waals surface area contributed by atoms with Gasteiger partial charge < -0.3 is 5.32 Å². The Morgan fingerprint density at radius 1 is 1.47 bits per heavy atom. The van der Waals surface area contributed by atoms with E-state index in [4.69, 9.17) is 11.6 Å². The Morgan fingerprint density at radius 3 is 2.89 bits per heavy atom. The van der Waals surface area contributed by atoms with E-state index >= 15 is 0 Å². The van der Waals surface area contributed by atoms with Crippen LogP contribution in [0.2, 0.25) is 5.15 Å².